The summed E-state index contributed by atoms with van der Waals surface area (Å²) in [6.45, 7) is 16.4. The SMILES string of the molecule is CCCCCN(CCCC)COCc1ccc(-c2ccc(COCN(CCCC)CCCCC)cc2)cc1. The van der Waals surface area contributed by atoms with Crippen molar-refractivity contribution in [1.82, 2.24) is 9.80 Å². The van der Waals surface area contributed by atoms with Crippen LogP contribution in [0.1, 0.15) is 103 Å². The van der Waals surface area contributed by atoms with Crippen molar-refractivity contribution in [3.05, 3.63) is 59.7 Å². The molecule has 4 heteroatoms. The molecule has 0 aliphatic rings. The number of hydrogen-bond donors (Lipinski definition) is 0. The molecule has 0 fully saturated rings. The molecule has 0 unspecified atom stereocenters. The van der Waals surface area contributed by atoms with Gasteiger partial charge in [0.25, 0.3) is 0 Å². The van der Waals surface area contributed by atoms with Crippen LogP contribution in [0.15, 0.2) is 48.5 Å². The van der Waals surface area contributed by atoms with Gasteiger partial charge >= 0.3 is 0 Å². The van der Waals surface area contributed by atoms with Crippen molar-refractivity contribution in [1.29, 1.82) is 0 Å². The second-order valence-corrected chi connectivity index (χ2v) is 10.7. The van der Waals surface area contributed by atoms with E-state index in [9.17, 15) is 0 Å². The lowest BCUT2D eigenvalue weighted by molar-refractivity contribution is 0.0171. The van der Waals surface area contributed by atoms with Gasteiger partial charge in [-0.15, -0.1) is 0 Å². The van der Waals surface area contributed by atoms with Gasteiger partial charge in [0.15, 0.2) is 0 Å². The molecular weight excluding hydrogens is 468 g/mol. The van der Waals surface area contributed by atoms with Crippen LogP contribution in [0.4, 0.5) is 0 Å². The Hall–Kier alpha value is -1.72. The third-order valence-corrected chi connectivity index (χ3v) is 7.14. The maximum absolute atomic E-state index is 6.08. The van der Waals surface area contributed by atoms with Crippen LogP contribution < -0.4 is 0 Å². The van der Waals surface area contributed by atoms with Gasteiger partial charge in [-0.05, 0) is 47.9 Å². The number of hydrogen-bond acceptors (Lipinski definition) is 4. The fourth-order valence-corrected chi connectivity index (χ4v) is 4.59. The lowest BCUT2D eigenvalue weighted by Gasteiger charge is -2.22. The zero-order valence-corrected chi connectivity index (χ0v) is 25.1. The molecule has 0 amide bonds. The summed E-state index contributed by atoms with van der Waals surface area (Å²) >= 11 is 0. The minimum Gasteiger partial charge on any atom is -0.361 e. The van der Waals surface area contributed by atoms with Crippen LogP contribution in [0.3, 0.4) is 0 Å². The summed E-state index contributed by atoms with van der Waals surface area (Å²) in [4.78, 5) is 4.93. The lowest BCUT2D eigenvalue weighted by atomic mass is 10.0. The Bertz CT molecular complexity index is 737. The predicted molar refractivity (Wildman–Crippen MR) is 163 cm³/mol. The van der Waals surface area contributed by atoms with Gasteiger partial charge in [0.1, 0.15) is 0 Å². The first-order valence-electron chi connectivity index (χ1n) is 15.5. The summed E-state index contributed by atoms with van der Waals surface area (Å²) < 4.78 is 12.2. The molecule has 38 heavy (non-hydrogen) atoms. The Morgan fingerprint density at radius 3 is 1.13 bits per heavy atom. The average molecular weight is 525 g/mol. The van der Waals surface area contributed by atoms with Crippen LogP contribution in [0.5, 0.6) is 0 Å². The first-order valence-corrected chi connectivity index (χ1v) is 15.5. The van der Waals surface area contributed by atoms with Crippen LogP contribution in [-0.4, -0.2) is 49.4 Å². The molecule has 0 radical (unpaired) electrons. The minimum atomic E-state index is 0.667. The smallest absolute Gasteiger partial charge is 0.0994 e. The Balaban J connectivity index is 1.77. The Morgan fingerprint density at radius 2 is 0.789 bits per heavy atom. The monoisotopic (exact) mass is 524 g/mol. The van der Waals surface area contributed by atoms with E-state index in [-0.39, 0.29) is 0 Å². The van der Waals surface area contributed by atoms with E-state index in [1.807, 2.05) is 0 Å². The van der Waals surface area contributed by atoms with Crippen LogP contribution in [0, 0.1) is 0 Å². The molecule has 0 bridgehead atoms. The van der Waals surface area contributed by atoms with E-state index in [1.165, 1.54) is 86.5 Å². The highest BCUT2D eigenvalue weighted by molar-refractivity contribution is 5.63. The second kappa shape index (κ2) is 21.1. The summed E-state index contributed by atoms with van der Waals surface area (Å²) in [5, 5.41) is 0. The Kier molecular flexibility index (Phi) is 18.1. The van der Waals surface area contributed by atoms with Gasteiger partial charge in [-0.2, -0.15) is 0 Å². The maximum Gasteiger partial charge on any atom is 0.0994 e. The lowest BCUT2D eigenvalue weighted by Crippen LogP contribution is -2.28. The molecule has 0 saturated carbocycles. The molecular formula is C34H56N2O2. The quantitative estimate of drug-likeness (QED) is 0.107. The first-order chi connectivity index (χ1) is 18.7. The molecule has 0 atom stereocenters. The van der Waals surface area contributed by atoms with E-state index in [4.69, 9.17) is 9.47 Å². The molecule has 4 nitrogen and oxygen atoms in total. The van der Waals surface area contributed by atoms with Gasteiger partial charge in [-0.25, -0.2) is 0 Å². The van der Waals surface area contributed by atoms with E-state index in [2.05, 4.69) is 86.0 Å². The number of benzene rings is 2. The molecule has 0 saturated heterocycles. The highest BCUT2D eigenvalue weighted by Crippen LogP contribution is 2.21. The molecule has 0 aliphatic heterocycles. The molecule has 214 valence electrons. The van der Waals surface area contributed by atoms with Crippen LogP contribution in [0.2, 0.25) is 0 Å². The third kappa shape index (κ3) is 13.9. The highest BCUT2D eigenvalue weighted by atomic mass is 16.5. The molecule has 0 aliphatic carbocycles. The molecule has 0 spiro atoms. The van der Waals surface area contributed by atoms with Gasteiger partial charge in [0.2, 0.25) is 0 Å². The van der Waals surface area contributed by atoms with Crippen LogP contribution >= 0.6 is 0 Å². The van der Waals surface area contributed by atoms with E-state index < -0.39 is 0 Å². The van der Waals surface area contributed by atoms with Crippen molar-refractivity contribution in [2.45, 2.75) is 105 Å². The molecule has 0 N–H and O–H groups in total. The van der Waals surface area contributed by atoms with E-state index in [1.54, 1.807) is 0 Å². The van der Waals surface area contributed by atoms with Crippen molar-refractivity contribution >= 4 is 0 Å². The van der Waals surface area contributed by atoms with Gasteiger partial charge in [0, 0.05) is 26.2 Å². The third-order valence-electron chi connectivity index (χ3n) is 7.14. The molecule has 0 heterocycles. The van der Waals surface area contributed by atoms with E-state index >= 15 is 0 Å². The van der Waals surface area contributed by atoms with Crippen molar-refractivity contribution in [3.8, 4) is 11.1 Å². The van der Waals surface area contributed by atoms with Gasteiger partial charge in [0.05, 0.1) is 26.7 Å². The summed E-state index contributed by atoms with van der Waals surface area (Å²) in [5.74, 6) is 0. The summed E-state index contributed by atoms with van der Waals surface area (Å²) in [7, 11) is 0. The van der Waals surface area contributed by atoms with Crippen LogP contribution in [-0.2, 0) is 22.7 Å². The van der Waals surface area contributed by atoms with Gasteiger partial charge in [-0.3, -0.25) is 9.80 Å². The van der Waals surface area contributed by atoms with Gasteiger partial charge in [-0.1, -0.05) is 115 Å². The molecule has 0 aromatic heterocycles. The number of rotatable bonds is 23. The summed E-state index contributed by atoms with van der Waals surface area (Å²) in [6, 6.07) is 17.6. The minimum absolute atomic E-state index is 0.667. The van der Waals surface area contributed by atoms with Crippen molar-refractivity contribution < 1.29 is 9.47 Å². The highest BCUT2D eigenvalue weighted by Gasteiger charge is 2.07. The number of unbranched alkanes of at least 4 members (excludes halogenated alkanes) is 6. The van der Waals surface area contributed by atoms with Gasteiger partial charge < -0.3 is 9.47 Å². The Labute approximate surface area is 234 Å². The largest absolute Gasteiger partial charge is 0.361 e. The molecule has 2 aromatic carbocycles. The number of nitrogens with zero attached hydrogens (tertiary/aromatic N) is 2. The zero-order chi connectivity index (χ0) is 27.3. The van der Waals surface area contributed by atoms with Crippen LogP contribution in [0.25, 0.3) is 11.1 Å². The van der Waals surface area contributed by atoms with Crippen molar-refractivity contribution in [2.24, 2.45) is 0 Å². The number of ether oxygens (including phenoxy) is 2. The van der Waals surface area contributed by atoms with Crippen molar-refractivity contribution in [3.63, 3.8) is 0 Å². The topological polar surface area (TPSA) is 24.9 Å². The van der Waals surface area contributed by atoms with E-state index in [0.29, 0.717) is 13.2 Å². The van der Waals surface area contributed by atoms with Crippen molar-refractivity contribution in [2.75, 3.05) is 39.6 Å². The Morgan fingerprint density at radius 1 is 0.447 bits per heavy atom. The van der Waals surface area contributed by atoms with E-state index in [0.717, 1.165) is 39.6 Å². The average Bonchev–Trinajstić information content (AvgIpc) is 2.95. The summed E-state index contributed by atoms with van der Waals surface area (Å²) in [6.07, 6.45) is 12.6. The standard InChI is InChI=1S/C34H56N2O2/c1-5-9-13-25-35(23-11-7-3)29-37-27-31-15-19-33(20-16-31)34-21-17-32(18-22-34)28-38-30-36(24-12-8-4)26-14-10-6-2/h15-22H,5-14,23-30H2,1-4H3. The predicted octanol–water partition coefficient (Wildman–Crippen LogP) is 8.89. The fourth-order valence-electron chi connectivity index (χ4n) is 4.59. The first kappa shape index (κ1) is 32.5. The summed E-state index contributed by atoms with van der Waals surface area (Å²) in [5.41, 5.74) is 4.95. The fraction of sp³-hybridized carbons (Fsp3) is 0.647. The maximum atomic E-state index is 6.08. The normalized spacial score (nSPS) is 11.6. The zero-order valence-electron chi connectivity index (χ0n) is 25.1. The second-order valence-electron chi connectivity index (χ2n) is 10.7. The molecule has 2 aromatic rings. The molecule has 2 rings (SSSR count).